The minimum Gasteiger partial charge on any atom is -0.267 e. The molecule has 1 N–H and O–H groups in total. The molecule has 0 rings (SSSR count). The van der Waals surface area contributed by atoms with E-state index in [1.54, 1.807) is 0 Å². The van der Waals surface area contributed by atoms with Crippen LogP contribution in [0.1, 0.15) is 40.0 Å². The lowest BCUT2D eigenvalue weighted by atomic mass is 9.90. The summed E-state index contributed by atoms with van der Waals surface area (Å²) in [4.78, 5) is 0. The molecule has 0 unspecified atom stereocenters. The quantitative estimate of drug-likeness (QED) is 0.477. The Kier molecular flexibility index (Phi) is 5.18. The molecular weight excluding hydrogens is 142 g/mol. The molecule has 0 aliphatic carbocycles. The van der Waals surface area contributed by atoms with Crippen LogP contribution in [-0.2, 0) is 0 Å². The Labute approximate surface area is 70.1 Å². The molecule has 0 aromatic heterocycles. The molecule has 0 saturated heterocycles. The lowest BCUT2D eigenvalue weighted by Crippen LogP contribution is -2.07. The lowest BCUT2D eigenvalue weighted by Gasteiger charge is -2.17. The Morgan fingerprint density at radius 3 is 2.20 bits per heavy atom. The largest absolute Gasteiger partial charge is 0.267 e. The molecule has 0 aromatic carbocycles. The van der Waals surface area contributed by atoms with Crippen LogP contribution in [0.4, 0.5) is 0 Å². The van der Waals surface area contributed by atoms with E-state index < -0.39 is 0 Å². The molecule has 0 amide bonds. The van der Waals surface area contributed by atoms with Gasteiger partial charge in [-0.15, -0.1) is 0 Å². The van der Waals surface area contributed by atoms with Crippen LogP contribution in [0.5, 0.6) is 0 Å². The second kappa shape index (κ2) is 5.03. The maximum absolute atomic E-state index is 3.92. The first-order chi connectivity index (χ1) is 4.56. The molecule has 0 spiro atoms. The Hall–Kier alpha value is 0.310. The zero-order chi connectivity index (χ0) is 8.04. The first-order valence-electron chi connectivity index (χ1n) is 3.93. The number of hydrogen-bond acceptors (Lipinski definition) is 2. The highest BCUT2D eigenvalue weighted by Gasteiger charge is 2.08. The van der Waals surface area contributed by atoms with E-state index >= 15 is 0 Å². The molecule has 1 nitrogen and oxygen atoms in total. The van der Waals surface area contributed by atoms with Crippen molar-refractivity contribution < 1.29 is 0 Å². The molecule has 0 atom stereocenters. The standard InChI is InChI=1S/C8H19NS/c1-8(2,3)6-4-5-7-9-10/h9-10H,4-7H2,1-3H3. The summed E-state index contributed by atoms with van der Waals surface area (Å²) < 4.78 is 2.85. The molecule has 0 radical (unpaired) electrons. The summed E-state index contributed by atoms with van der Waals surface area (Å²) in [6.45, 7) is 7.86. The van der Waals surface area contributed by atoms with E-state index in [1.807, 2.05) is 0 Å². The smallest absolute Gasteiger partial charge is 0.00561 e. The number of thiol groups is 1. The van der Waals surface area contributed by atoms with Gasteiger partial charge < -0.3 is 0 Å². The molecule has 0 heterocycles. The molecule has 0 aliphatic heterocycles. The van der Waals surface area contributed by atoms with Crippen molar-refractivity contribution in [3.8, 4) is 0 Å². The topological polar surface area (TPSA) is 12.0 Å². The van der Waals surface area contributed by atoms with Gasteiger partial charge in [-0.1, -0.05) is 40.0 Å². The second-order valence-corrected chi connectivity index (χ2v) is 4.24. The fourth-order valence-electron chi connectivity index (χ4n) is 0.859. The van der Waals surface area contributed by atoms with Crippen molar-refractivity contribution in [1.82, 2.24) is 4.72 Å². The highest BCUT2D eigenvalue weighted by molar-refractivity contribution is 7.78. The maximum Gasteiger partial charge on any atom is 0.00561 e. The minimum atomic E-state index is 0.497. The van der Waals surface area contributed by atoms with Crippen molar-refractivity contribution in [2.24, 2.45) is 5.41 Å². The van der Waals surface area contributed by atoms with Gasteiger partial charge in [0.1, 0.15) is 0 Å². The third-order valence-corrected chi connectivity index (χ3v) is 1.69. The summed E-state index contributed by atoms with van der Waals surface area (Å²) in [6, 6.07) is 0. The molecule has 0 saturated carbocycles. The van der Waals surface area contributed by atoms with E-state index in [4.69, 9.17) is 0 Å². The normalized spacial score (nSPS) is 12.0. The van der Waals surface area contributed by atoms with Crippen LogP contribution in [0.3, 0.4) is 0 Å². The van der Waals surface area contributed by atoms with E-state index in [0.717, 1.165) is 6.54 Å². The number of hydrogen-bond donors (Lipinski definition) is 2. The summed E-state index contributed by atoms with van der Waals surface area (Å²) in [5.74, 6) is 0. The summed E-state index contributed by atoms with van der Waals surface area (Å²) in [5.41, 5.74) is 0.497. The van der Waals surface area contributed by atoms with Gasteiger partial charge in [0, 0.05) is 6.54 Å². The first-order valence-corrected chi connectivity index (χ1v) is 4.38. The highest BCUT2D eigenvalue weighted by atomic mass is 32.1. The molecule has 62 valence electrons. The fraction of sp³-hybridized carbons (Fsp3) is 1.00. The van der Waals surface area contributed by atoms with Gasteiger partial charge >= 0.3 is 0 Å². The third-order valence-electron chi connectivity index (χ3n) is 1.47. The van der Waals surface area contributed by atoms with Gasteiger partial charge in [0.05, 0.1) is 0 Å². The lowest BCUT2D eigenvalue weighted by molar-refractivity contribution is 0.361. The Morgan fingerprint density at radius 1 is 1.20 bits per heavy atom. The van der Waals surface area contributed by atoms with Crippen LogP contribution in [0, 0.1) is 5.41 Å². The third kappa shape index (κ3) is 8.31. The molecular formula is C8H19NS. The van der Waals surface area contributed by atoms with Gasteiger partial charge in [-0.3, -0.25) is 4.72 Å². The average molecular weight is 161 g/mol. The van der Waals surface area contributed by atoms with Crippen molar-refractivity contribution >= 4 is 12.8 Å². The van der Waals surface area contributed by atoms with E-state index in [1.165, 1.54) is 19.3 Å². The van der Waals surface area contributed by atoms with Crippen molar-refractivity contribution in [2.75, 3.05) is 6.54 Å². The SMILES string of the molecule is CC(C)(C)CCCCNS. The van der Waals surface area contributed by atoms with Crippen LogP contribution >= 0.6 is 12.8 Å². The molecule has 0 fully saturated rings. The van der Waals surface area contributed by atoms with Crippen LogP contribution in [0.15, 0.2) is 0 Å². The zero-order valence-corrected chi connectivity index (χ0v) is 8.17. The molecule has 2 heteroatoms. The Bertz CT molecular complexity index is 75.8. The molecule has 0 aliphatic rings. The molecule has 0 bridgehead atoms. The van der Waals surface area contributed by atoms with E-state index in [9.17, 15) is 0 Å². The summed E-state index contributed by atoms with van der Waals surface area (Å²) in [7, 11) is 0. The monoisotopic (exact) mass is 161 g/mol. The first kappa shape index (κ1) is 10.3. The van der Waals surface area contributed by atoms with Gasteiger partial charge in [0.25, 0.3) is 0 Å². The van der Waals surface area contributed by atoms with Crippen LogP contribution in [0.2, 0.25) is 0 Å². The Balaban J connectivity index is 3.04. The highest BCUT2D eigenvalue weighted by Crippen LogP contribution is 2.20. The fourth-order valence-corrected chi connectivity index (χ4v) is 1.02. The average Bonchev–Trinajstić information content (AvgIpc) is 1.78. The second-order valence-electron chi connectivity index (χ2n) is 3.93. The predicted molar refractivity (Wildman–Crippen MR) is 50.3 cm³/mol. The number of rotatable bonds is 4. The molecule has 0 aromatic rings. The van der Waals surface area contributed by atoms with Gasteiger partial charge in [-0.05, 0) is 18.3 Å². The zero-order valence-electron chi connectivity index (χ0n) is 7.28. The maximum atomic E-state index is 3.92. The Morgan fingerprint density at radius 2 is 1.80 bits per heavy atom. The summed E-state index contributed by atoms with van der Waals surface area (Å²) in [6.07, 6.45) is 3.85. The van der Waals surface area contributed by atoms with Crippen molar-refractivity contribution in [2.45, 2.75) is 40.0 Å². The van der Waals surface area contributed by atoms with Crippen molar-refractivity contribution in [3.63, 3.8) is 0 Å². The van der Waals surface area contributed by atoms with E-state index in [0.29, 0.717) is 5.41 Å². The molecule has 10 heavy (non-hydrogen) atoms. The summed E-state index contributed by atoms with van der Waals surface area (Å²) in [5, 5.41) is 0. The van der Waals surface area contributed by atoms with Crippen LogP contribution in [0.25, 0.3) is 0 Å². The number of nitrogens with one attached hydrogen (secondary N) is 1. The predicted octanol–water partition coefficient (Wildman–Crippen LogP) is 2.64. The van der Waals surface area contributed by atoms with Crippen molar-refractivity contribution in [3.05, 3.63) is 0 Å². The summed E-state index contributed by atoms with van der Waals surface area (Å²) >= 11 is 3.92. The minimum absolute atomic E-state index is 0.497. The number of unbranched alkanes of at least 4 members (excludes halogenated alkanes) is 1. The van der Waals surface area contributed by atoms with Crippen LogP contribution in [-0.4, -0.2) is 6.54 Å². The van der Waals surface area contributed by atoms with E-state index in [-0.39, 0.29) is 0 Å². The van der Waals surface area contributed by atoms with Gasteiger partial charge in [0.15, 0.2) is 0 Å². The van der Waals surface area contributed by atoms with Gasteiger partial charge in [-0.25, -0.2) is 0 Å². The van der Waals surface area contributed by atoms with Crippen molar-refractivity contribution in [1.29, 1.82) is 0 Å². The van der Waals surface area contributed by atoms with Crippen LogP contribution < -0.4 is 4.72 Å². The van der Waals surface area contributed by atoms with Gasteiger partial charge in [0.2, 0.25) is 0 Å². The van der Waals surface area contributed by atoms with E-state index in [2.05, 4.69) is 38.3 Å². The van der Waals surface area contributed by atoms with Gasteiger partial charge in [-0.2, -0.15) is 0 Å².